The fourth-order valence-corrected chi connectivity index (χ4v) is 2.54. The first-order valence-electron chi connectivity index (χ1n) is 8.43. The molecule has 0 aromatic heterocycles. The van der Waals surface area contributed by atoms with Crippen molar-refractivity contribution in [1.29, 1.82) is 0 Å². The first kappa shape index (κ1) is 19.1. The standard InChI is InChI=1S/C21H22N2O3/c1-2-17(16-10-4-3-5-11-16)21(25)23-14-8-9-15-26-19-13-7-6-12-18(19)20(22)24/h3-7,10-13,17H,2,14-15H2,1H3,(H2,22,24)(H,23,25). The Morgan fingerprint density at radius 2 is 1.77 bits per heavy atom. The van der Waals surface area contributed by atoms with E-state index in [0.717, 1.165) is 12.0 Å². The van der Waals surface area contributed by atoms with E-state index < -0.39 is 5.91 Å². The molecule has 3 N–H and O–H groups in total. The van der Waals surface area contributed by atoms with Crippen molar-refractivity contribution in [2.24, 2.45) is 5.73 Å². The summed E-state index contributed by atoms with van der Waals surface area (Å²) < 4.78 is 5.46. The van der Waals surface area contributed by atoms with Crippen LogP contribution in [0.1, 0.15) is 35.2 Å². The van der Waals surface area contributed by atoms with E-state index in [1.165, 1.54) is 0 Å². The highest BCUT2D eigenvalue weighted by atomic mass is 16.5. The van der Waals surface area contributed by atoms with Crippen LogP contribution in [0.5, 0.6) is 5.75 Å². The van der Waals surface area contributed by atoms with Crippen molar-refractivity contribution >= 4 is 11.8 Å². The molecule has 0 spiro atoms. The van der Waals surface area contributed by atoms with Crippen LogP contribution >= 0.6 is 0 Å². The molecule has 5 nitrogen and oxygen atoms in total. The van der Waals surface area contributed by atoms with Gasteiger partial charge >= 0.3 is 0 Å². The third-order valence-electron chi connectivity index (χ3n) is 3.86. The second kappa shape index (κ2) is 9.90. The highest BCUT2D eigenvalue weighted by Crippen LogP contribution is 2.19. The van der Waals surface area contributed by atoms with Crippen molar-refractivity contribution in [3.8, 4) is 17.6 Å². The lowest BCUT2D eigenvalue weighted by Gasteiger charge is -2.14. The lowest BCUT2D eigenvalue weighted by atomic mass is 9.96. The number of rotatable bonds is 7. The van der Waals surface area contributed by atoms with E-state index in [-0.39, 0.29) is 25.0 Å². The zero-order chi connectivity index (χ0) is 18.8. The van der Waals surface area contributed by atoms with Gasteiger partial charge in [-0.3, -0.25) is 9.59 Å². The molecule has 26 heavy (non-hydrogen) atoms. The van der Waals surface area contributed by atoms with Crippen LogP contribution in [0.3, 0.4) is 0 Å². The molecule has 0 aliphatic carbocycles. The monoisotopic (exact) mass is 350 g/mol. The van der Waals surface area contributed by atoms with Gasteiger partial charge in [0.25, 0.3) is 5.91 Å². The van der Waals surface area contributed by atoms with Crippen LogP contribution in [0.2, 0.25) is 0 Å². The number of para-hydroxylation sites is 1. The Morgan fingerprint density at radius 1 is 1.08 bits per heavy atom. The minimum Gasteiger partial charge on any atom is -0.480 e. The second-order valence-corrected chi connectivity index (χ2v) is 5.59. The lowest BCUT2D eigenvalue weighted by molar-refractivity contribution is -0.122. The van der Waals surface area contributed by atoms with Gasteiger partial charge in [-0.05, 0) is 24.1 Å². The molecule has 0 fully saturated rings. The Morgan fingerprint density at radius 3 is 2.46 bits per heavy atom. The van der Waals surface area contributed by atoms with Crippen molar-refractivity contribution in [2.75, 3.05) is 13.2 Å². The molecule has 0 saturated carbocycles. The summed E-state index contributed by atoms with van der Waals surface area (Å²) in [6.45, 7) is 2.33. The van der Waals surface area contributed by atoms with Crippen LogP contribution in [0.15, 0.2) is 54.6 Å². The summed E-state index contributed by atoms with van der Waals surface area (Å²) in [7, 11) is 0. The van der Waals surface area contributed by atoms with E-state index in [0.29, 0.717) is 11.3 Å². The predicted octanol–water partition coefficient (Wildman–Crippen LogP) is 2.48. The van der Waals surface area contributed by atoms with Crippen molar-refractivity contribution in [1.82, 2.24) is 5.32 Å². The zero-order valence-corrected chi connectivity index (χ0v) is 14.7. The van der Waals surface area contributed by atoms with E-state index in [1.54, 1.807) is 24.3 Å². The SMILES string of the molecule is CCC(C(=O)NCC#CCOc1ccccc1C(N)=O)c1ccccc1. The summed E-state index contributed by atoms with van der Waals surface area (Å²) in [6, 6.07) is 16.4. The van der Waals surface area contributed by atoms with Crippen molar-refractivity contribution in [3.63, 3.8) is 0 Å². The van der Waals surface area contributed by atoms with Crippen LogP contribution in [0.25, 0.3) is 0 Å². The molecule has 0 bridgehead atoms. The Balaban J connectivity index is 1.82. The molecule has 5 heteroatoms. The van der Waals surface area contributed by atoms with Gasteiger partial charge in [-0.25, -0.2) is 0 Å². The molecule has 0 saturated heterocycles. The number of carbonyl (C=O) groups excluding carboxylic acids is 2. The number of primary amides is 1. The molecule has 2 amide bonds. The van der Waals surface area contributed by atoms with Crippen molar-refractivity contribution in [2.45, 2.75) is 19.3 Å². The average molecular weight is 350 g/mol. The average Bonchev–Trinajstić information content (AvgIpc) is 2.66. The maximum Gasteiger partial charge on any atom is 0.252 e. The molecule has 1 atom stereocenters. The van der Waals surface area contributed by atoms with E-state index in [1.807, 2.05) is 37.3 Å². The molecule has 134 valence electrons. The first-order valence-corrected chi connectivity index (χ1v) is 8.43. The van der Waals surface area contributed by atoms with E-state index >= 15 is 0 Å². The smallest absolute Gasteiger partial charge is 0.252 e. The summed E-state index contributed by atoms with van der Waals surface area (Å²) in [5, 5.41) is 2.82. The van der Waals surface area contributed by atoms with Gasteiger partial charge in [0.05, 0.1) is 18.0 Å². The number of benzene rings is 2. The number of nitrogens with two attached hydrogens (primary N) is 1. The van der Waals surface area contributed by atoms with Gasteiger partial charge in [0.15, 0.2) is 0 Å². The van der Waals surface area contributed by atoms with Crippen LogP contribution in [0, 0.1) is 11.8 Å². The molecule has 0 radical (unpaired) electrons. The fourth-order valence-electron chi connectivity index (χ4n) is 2.54. The van der Waals surface area contributed by atoms with Gasteiger partial charge in [-0.2, -0.15) is 0 Å². The number of ether oxygens (including phenoxy) is 1. The highest BCUT2D eigenvalue weighted by Gasteiger charge is 2.17. The minimum absolute atomic E-state index is 0.0482. The van der Waals surface area contributed by atoms with Gasteiger partial charge in [0, 0.05) is 0 Å². The minimum atomic E-state index is -0.549. The topological polar surface area (TPSA) is 81.4 Å². The maximum absolute atomic E-state index is 12.3. The van der Waals surface area contributed by atoms with Crippen LogP contribution in [-0.4, -0.2) is 25.0 Å². The second-order valence-electron chi connectivity index (χ2n) is 5.59. The summed E-state index contributed by atoms with van der Waals surface area (Å²) in [4.78, 5) is 23.6. The third-order valence-corrected chi connectivity index (χ3v) is 3.86. The van der Waals surface area contributed by atoms with Gasteiger partial charge in [0.2, 0.25) is 5.91 Å². The Hall–Kier alpha value is -3.26. The van der Waals surface area contributed by atoms with Gasteiger partial charge in [-0.1, -0.05) is 61.2 Å². The van der Waals surface area contributed by atoms with E-state index in [9.17, 15) is 9.59 Å². The quantitative estimate of drug-likeness (QED) is 0.753. The molecule has 2 aromatic carbocycles. The predicted molar refractivity (Wildman–Crippen MR) is 101 cm³/mol. The van der Waals surface area contributed by atoms with Crippen molar-refractivity contribution in [3.05, 3.63) is 65.7 Å². The number of hydrogen-bond acceptors (Lipinski definition) is 3. The molecule has 1 unspecified atom stereocenters. The maximum atomic E-state index is 12.3. The normalized spacial score (nSPS) is 11.0. The van der Waals surface area contributed by atoms with Gasteiger partial charge < -0.3 is 15.8 Å². The highest BCUT2D eigenvalue weighted by molar-refractivity contribution is 5.95. The zero-order valence-electron chi connectivity index (χ0n) is 14.7. The van der Waals surface area contributed by atoms with Crippen LogP contribution < -0.4 is 15.8 Å². The fraction of sp³-hybridized carbons (Fsp3) is 0.238. The molecule has 2 rings (SSSR count). The largest absolute Gasteiger partial charge is 0.480 e. The van der Waals surface area contributed by atoms with Gasteiger partial charge in [-0.15, -0.1) is 0 Å². The Bertz CT molecular complexity index is 807. The van der Waals surface area contributed by atoms with E-state index in [2.05, 4.69) is 17.2 Å². The Kier molecular flexibility index (Phi) is 7.26. The van der Waals surface area contributed by atoms with Crippen LogP contribution in [0.4, 0.5) is 0 Å². The van der Waals surface area contributed by atoms with E-state index in [4.69, 9.17) is 10.5 Å². The number of amides is 2. The lowest BCUT2D eigenvalue weighted by Crippen LogP contribution is -2.29. The molecular formula is C21H22N2O3. The number of carbonyl (C=O) groups is 2. The summed E-state index contributed by atoms with van der Waals surface area (Å²) in [6.07, 6.45) is 0.719. The summed E-state index contributed by atoms with van der Waals surface area (Å²) >= 11 is 0. The molecule has 0 aliphatic heterocycles. The summed E-state index contributed by atoms with van der Waals surface area (Å²) in [5.41, 5.74) is 6.60. The van der Waals surface area contributed by atoms with Crippen molar-refractivity contribution < 1.29 is 14.3 Å². The molecule has 2 aromatic rings. The molecule has 0 heterocycles. The van der Waals surface area contributed by atoms with Gasteiger partial charge in [0.1, 0.15) is 12.4 Å². The Labute approximate surface area is 153 Å². The summed E-state index contributed by atoms with van der Waals surface area (Å²) in [5.74, 6) is 5.27. The third kappa shape index (κ3) is 5.38. The molecule has 0 aliphatic rings. The first-order chi connectivity index (χ1) is 12.6. The molecular weight excluding hydrogens is 328 g/mol. The number of nitrogens with one attached hydrogen (secondary N) is 1. The van der Waals surface area contributed by atoms with Crippen LogP contribution in [-0.2, 0) is 4.79 Å². The number of hydrogen-bond donors (Lipinski definition) is 2.